The molecule has 1 saturated carbocycles. The molecule has 38 heavy (non-hydrogen) atoms. The number of methoxy groups -OCH3 is 1. The number of allylic oxidation sites excluding steroid dienone is 3. The number of hydrogen-bond donors (Lipinski definition) is 1. The van der Waals surface area contributed by atoms with Crippen LogP contribution in [0.4, 0.5) is 27.8 Å². The molecule has 2 heterocycles. The van der Waals surface area contributed by atoms with Crippen LogP contribution in [0.3, 0.4) is 0 Å². The molecule has 0 aliphatic heterocycles. The highest BCUT2D eigenvalue weighted by molar-refractivity contribution is 7.92. The van der Waals surface area contributed by atoms with Gasteiger partial charge in [-0.15, -0.1) is 0 Å². The molecule has 1 unspecified atom stereocenters. The minimum atomic E-state index is -5.04. The van der Waals surface area contributed by atoms with Crippen molar-refractivity contribution in [2.45, 2.75) is 42.2 Å². The molecule has 3 aromatic rings. The minimum Gasteiger partial charge on any atom is -0.495 e. The van der Waals surface area contributed by atoms with Crippen LogP contribution in [0.15, 0.2) is 74.3 Å². The number of ether oxygens (including phenoxy) is 1. The van der Waals surface area contributed by atoms with Crippen molar-refractivity contribution in [2.24, 2.45) is 5.92 Å². The van der Waals surface area contributed by atoms with Crippen molar-refractivity contribution in [3.8, 4) is 0 Å². The largest absolute Gasteiger partial charge is 0.495 e. The Hall–Kier alpha value is -3.68. The second kappa shape index (κ2) is 8.96. The van der Waals surface area contributed by atoms with Crippen molar-refractivity contribution in [2.75, 3.05) is 11.8 Å². The van der Waals surface area contributed by atoms with Crippen LogP contribution >= 0.6 is 0 Å². The lowest BCUT2D eigenvalue weighted by Crippen LogP contribution is -2.52. The highest BCUT2D eigenvalue weighted by atomic mass is 32.2. The molecule has 0 saturated heterocycles. The summed E-state index contributed by atoms with van der Waals surface area (Å²) in [4.78, 5) is 12.7. The summed E-state index contributed by atoms with van der Waals surface area (Å²) < 4.78 is 107. The van der Waals surface area contributed by atoms with Gasteiger partial charge in [0.05, 0.1) is 23.2 Å². The average molecular weight is 557 g/mol. The van der Waals surface area contributed by atoms with Crippen molar-refractivity contribution in [1.82, 2.24) is 9.72 Å². The number of sulfonamides is 1. The Balaban J connectivity index is 1.53. The van der Waals surface area contributed by atoms with Gasteiger partial charge in [0.2, 0.25) is 5.67 Å². The second-order valence-corrected chi connectivity index (χ2v) is 10.8. The molecule has 0 radical (unpaired) electrons. The molecule has 1 atom stereocenters. The SMILES string of the molecule is COC1=C(n2c(=O)ccc3cc(S(=O)(=O)Nc4ccon4)ccc32)CC(F)C(C2CC(F)(C(F)(F)F)C2)=C1. The van der Waals surface area contributed by atoms with E-state index < -0.39 is 58.8 Å². The predicted octanol–water partition coefficient (Wildman–Crippen LogP) is 4.95. The molecule has 2 aromatic heterocycles. The fourth-order valence-electron chi connectivity index (χ4n) is 4.79. The molecule has 1 N–H and O–H groups in total. The number of halogens is 5. The van der Waals surface area contributed by atoms with Crippen LogP contribution in [-0.4, -0.2) is 43.3 Å². The fourth-order valence-corrected chi connectivity index (χ4v) is 5.81. The van der Waals surface area contributed by atoms with E-state index in [4.69, 9.17) is 4.74 Å². The Bertz CT molecular complexity index is 1620. The van der Waals surface area contributed by atoms with Crippen molar-refractivity contribution >= 4 is 32.4 Å². The number of pyridine rings is 1. The van der Waals surface area contributed by atoms with E-state index in [0.29, 0.717) is 5.39 Å². The zero-order chi connectivity index (χ0) is 27.5. The van der Waals surface area contributed by atoms with Crippen LogP contribution in [0.2, 0.25) is 0 Å². The van der Waals surface area contributed by atoms with Gasteiger partial charge in [0, 0.05) is 23.9 Å². The predicted molar refractivity (Wildman–Crippen MR) is 126 cm³/mol. The van der Waals surface area contributed by atoms with Crippen molar-refractivity contribution in [3.63, 3.8) is 0 Å². The smallest absolute Gasteiger partial charge is 0.422 e. The molecular formula is C24H20F5N3O5S. The molecule has 14 heteroatoms. The quantitative estimate of drug-likeness (QED) is 0.430. The van der Waals surface area contributed by atoms with Gasteiger partial charge < -0.3 is 9.26 Å². The van der Waals surface area contributed by atoms with Gasteiger partial charge in [-0.2, -0.15) is 13.2 Å². The normalized spacial score (nSPS) is 24.2. The maximum absolute atomic E-state index is 15.3. The summed E-state index contributed by atoms with van der Waals surface area (Å²) in [6.07, 6.45) is -6.59. The lowest BCUT2D eigenvalue weighted by molar-refractivity contribution is -0.264. The van der Waals surface area contributed by atoms with Gasteiger partial charge in [-0.05, 0) is 54.7 Å². The van der Waals surface area contributed by atoms with E-state index in [1.165, 1.54) is 55.8 Å². The second-order valence-electron chi connectivity index (χ2n) is 9.12. The molecule has 0 amide bonds. The number of benzene rings is 1. The fraction of sp³-hybridized carbons (Fsp3) is 0.333. The Morgan fingerprint density at radius 1 is 1.18 bits per heavy atom. The maximum Gasteiger partial charge on any atom is 0.422 e. The van der Waals surface area contributed by atoms with Gasteiger partial charge in [-0.25, -0.2) is 17.2 Å². The van der Waals surface area contributed by atoms with E-state index in [1.807, 2.05) is 0 Å². The first kappa shape index (κ1) is 25.9. The van der Waals surface area contributed by atoms with Gasteiger partial charge in [0.1, 0.15) is 18.2 Å². The number of hydrogen-bond acceptors (Lipinski definition) is 6. The Morgan fingerprint density at radius 3 is 2.55 bits per heavy atom. The number of rotatable bonds is 6. The molecule has 1 aromatic carbocycles. The zero-order valence-electron chi connectivity index (χ0n) is 19.6. The third-order valence-electron chi connectivity index (χ3n) is 6.78. The third-order valence-corrected chi connectivity index (χ3v) is 8.13. The zero-order valence-corrected chi connectivity index (χ0v) is 20.4. The summed E-state index contributed by atoms with van der Waals surface area (Å²) in [5.41, 5.74) is -3.61. The number of alkyl halides is 5. The van der Waals surface area contributed by atoms with Gasteiger partial charge in [-0.1, -0.05) is 5.16 Å². The maximum atomic E-state index is 15.3. The molecule has 0 spiro atoms. The van der Waals surface area contributed by atoms with Crippen LogP contribution in [0.5, 0.6) is 0 Å². The number of nitrogens with one attached hydrogen (secondary N) is 1. The summed E-state index contributed by atoms with van der Waals surface area (Å²) >= 11 is 0. The van der Waals surface area contributed by atoms with E-state index in [2.05, 4.69) is 14.4 Å². The van der Waals surface area contributed by atoms with Crippen LogP contribution in [0.25, 0.3) is 16.6 Å². The summed E-state index contributed by atoms with van der Waals surface area (Å²) in [6, 6.07) is 7.81. The Morgan fingerprint density at radius 2 is 1.92 bits per heavy atom. The summed E-state index contributed by atoms with van der Waals surface area (Å²) in [6.45, 7) is 0. The van der Waals surface area contributed by atoms with Crippen LogP contribution < -0.4 is 10.3 Å². The first-order valence-corrected chi connectivity index (χ1v) is 12.8. The van der Waals surface area contributed by atoms with E-state index in [-0.39, 0.29) is 33.3 Å². The molecule has 1 fully saturated rings. The van der Waals surface area contributed by atoms with Gasteiger partial charge in [0.25, 0.3) is 15.6 Å². The molecule has 0 bridgehead atoms. The van der Waals surface area contributed by atoms with Crippen molar-refractivity contribution < 1.29 is 39.6 Å². The number of nitrogens with zero attached hydrogens (tertiary/aromatic N) is 2. The lowest BCUT2D eigenvalue weighted by atomic mass is 9.66. The Labute approximate surface area is 212 Å². The molecule has 2 aliphatic rings. The van der Waals surface area contributed by atoms with Crippen molar-refractivity contribution in [3.05, 3.63) is 70.4 Å². The number of fused-ring (bicyclic) bond motifs is 1. The third kappa shape index (κ3) is 4.36. The summed E-state index contributed by atoms with van der Waals surface area (Å²) in [7, 11) is -2.80. The molecule has 8 nitrogen and oxygen atoms in total. The monoisotopic (exact) mass is 557 g/mol. The number of aromatic nitrogens is 2. The highest BCUT2D eigenvalue weighted by Crippen LogP contribution is 2.55. The lowest BCUT2D eigenvalue weighted by Gasteiger charge is -2.44. The number of anilines is 1. The van der Waals surface area contributed by atoms with Crippen LogP contribution in [0.1, 0.15) is 19.3 Å². The van der Waals surface area contributed by atoms with E-state index in [1.54, 1.807) is 0 Å². The molecule has 202 valence electrons. The Kier molecular flexibility index (Phi) is 6.12. The summed E-state index contributed by atoms with van der Waals surface area (Å²) in [5.74, 6) is -0.954. The molecule has 2 aliphatic carbocycles. The first-order chi connectivity index (χ1) is 17.8. The first-order valence-electron chi connectivity index (χ1n) is 11.3. The van der Waals surface area contributed by atoms with E-state index in [0.717, 1.165) is 4.57 Å². The summed E-state index contributed by atoms with van der Waals surface area (Å²) in [5, 5.41) is 3.83. The average Bonchev–Trinajstić information content (AvgIpc) is 3.33. The van der Waals surface area contributed by atoms with E-state index in [9.17, 15) is 30.8 Å². The van der Waals surface area contributed by atoms with Crippen LogP contribution in [0, 0.1) is 5.92 Å². The molecular weight excluding hydrogens is 537 g/mol. The van der Waals surface area contributed by atoms with Crippen molar-refractivity contribution in [1.29, 1.82) is 0 Å². The minimum absolute atomic E-state index is 0.0243. The van der Waals surface area contributed by atoms with Gasteiger partial charge in [0.15, 0.2) is 5.82 Å². The van der Waals surface area contributed by atoms with Gasteiger partial charge >= 0.3 is 6.18 Å². The topological polar surface area (TPSA) is 103 Å². The van der Waals surface area contributed by atoms with E-state index >= 15 is 4.39 Å². The van der Waals surface area contributed by atoms with Crippen LogP contribution in [-0.2, 0) is 14.8 Å². The highest BCUT2D eigenvalue weighted by Gasteiger charge is 2.64. The molecule has 5 rings (SSSR count). The van der Waals surface area contributed by atoms with Gasteiger partial charge in [-0.3, -0.25) is 14.1 Å². The standard InChI is InChI=1S/C24H20F5N3O5S/c1-36-20-9-16(14-11-23(26,12-14)24(27,28)29)17(25)10-19(20)32-18-4-3-15(8-13(18)2-5-22(32)33)38(34,35)31-21-6-7-37-30-21/h2-9,14,17H,10-12H2,1H3,(H,30,31).